The number of carbonyl (C=O) groups is 1. The predicted octanol–water partition coefficient (Wildman–Crippen LogP) is 4.81. The smallest absolute Gasteiger partial charge is 0.410 e. The Hall–Kier alpha value is -2.33. The minimum Gasteiger partial charge on any atom is -0.448 e. The number of ether oxygens (including phenoxy) is 1. The first kappa shape index (κ1) is 19.0. The van der Waals surface area contributed by atoms with Crippen LogP contribution in [0, 0.1) is 5.92 Å². The van der Waals surface area contributed by atoms with Crippen LogP contribution in [0.5, 0.6) is 0 Å². The van der Waals surface area contributed by atoms with Crippen LogP contribution in [0.15, 0.2) is 48.5 Å². The zero-order valence-electron chi connectivity index (χ0n) is 16.7. The van der Waals surface area contributed by atoms with Gasteiger partial charge < -0.3 is 9.84 Å². The minimum absolute atomic E-state index is 0.0482. The SMILES string of the molecule is CC1CCCC1N(C(=O)OCC1c2ccccc2-c2ccccc21)C(C)CO. The average molecular weight is 380 g/mol. The van der Waals surface area contributed by atoms with E-state index in [2.05, 4.69) is 43.3 Å². The van der Waals surface area contributed by atoms with Crippen molar-refractivity contribution < 1.29 is 14.6 Å². The Morgan fingerprint density at radius 3 is 2.25 bits per heavy atom. The van der Waals surface area contributed by atoms with Gasteiger partial charge in [0.15, 0.2) is 0 Å². The van der Waals surface area contributed by atoms with Crippen molar-refractivity contribution in [3.63, 3.8) is 0 Å². The summed E-state index contributed by atoms with van der Waals surface area (Å²) in [6.45, 7) is 4.36. The zero-order chi connectivity index (χ0) is 19.7. The summed E-state index contributed by atoms with van der Waals surface area (Å²) < 4.78 is 5.86. The average Bonchev–Trinajstić information content (AvgIpc) is 3.28. The van der Waals surface area contributed by atoms with Gasteiger partial charge in [-0.05, 0) is 47.9 Å². The van der Waals surface area contributed by atoms with Gasteiger partial charge in [0.25, 0.3) is 0 Å². The van der Waals surface area contributed by atoms with Gasteiger partial charge in [-0.3, -0.25) is 4.90 Å². The van der Waals surface area contributed by atoms with Gasteiger partial charge >= 0.3 is 6.09 Å². The molecule has 28 heavy (non-hydrogen) atoms. The second-order valence-electron chi connectivity index (χ2n) is 8.22. The monoisotopic (exact) mass is 379 g/mol. The lowest BCUT2D eigenvalue weighted by molar-refractivity contribution is 0.0437. The van der Waals surface area contributed by atoms with Crippen molar-refractivity contribution in [2.75, 3.05) is 13.2 Å². The molecule has 1 fully saturated rings. The number of hydrogen-bond acceptors (Lipinski definition) is 3. The molecule has 4 heteroatoms. The number of rotatable bonds is 5. The van der Waals surface area contributed by atoms with Crippen molar-refractivity contribution in [2.24, 2.45) is 5.92 Å². The molecule has 4 nitrogen and oxygen atoms in total. The molecule has 1 amide bonds. The topological polar surface area (TPSA) is 49.8 Å². The van der Waals surface area contributed by atoms with Gasteiger partial charge in [0.1, 0.15) is 6.61 Å². The molecule has 3 atom stereocenters. The number of hydrogen-bond donors (Lipinski definition) is 1. The third-order valence-corrected chi connectivity index (χ3v) is 6.46. The molecular formula is C24H29NO3. The quantitative estimate of drug-likeness (QED) is 0.811. The summed E-state index contributed by atoms with van der Waals surface area (Å²) >= 11 is 0. The molecule has 4 rings (SSSR count). The Balaban J connectivity index is 1.54. The number of aliphatic hydroxyl groups is 1. The van der Waals surface area contributed by atoms with Crippen LogP contribution in [-0.2, 0) is 4.74 Å². The number of amides is 1. The van der Waals surface area contributed by atoms with Gasteiger partial charge in [-0.25, -0.2) is 4.79 Å². The molecule has 0 spiro atoms. The van der Waals surface area contributed by atoms with E-state index in [-0.39, 0.29) is 30.7 Å². The van der Waals surface area contributed by atoms with E-state index >= 15 is 0 Å². The highest BCUT2D eigenvalue weighted by Crippen LogP contribution is 2.44. The maximum atomic E-state index is 13.0. The Morgan fingerprint density at radius 2 is 1.71 bits per heavy atom. The van der Waals surface area contributed by atoms with Crippen LogP contribution in [0.1, 0.15) is 50.2 Å². The summed E-state index contributed by atoms with van der Waals surface area (Å²) in [6, 6.07) is 16.6. The Kier molecular flexibility index (Phi) is 5.40. The van der Waals surface area contributed by atoms with E-state index in [1.54, 1.807) is 4.90 Å². The molecule has 148 valence electrons. The fraction of sp³-hybridized carbons (Fsp3) is 0.458. The maximum Gasteiger partial charge on any atom is 0.410 e. The molecule has 2 aliphatic carbocycles. The summed E-state index contributed by atoms with van der Waals surface area (Å²) in [6.07, 6.45) is 2.92. The van der Waals surface area contributed by atoms with Crippen LogP contribution < -0.4 is 0 Å². The molecule has 1 saturated carbocycles. The molecule has 0 heterocycles. The van der Waals surface area contributed by atoms with Crippen molar-refractivity contribution in [1.82, 2.24) is 4.90 Å². The number of aliphatic hydroxyl groups excluding tert-OH is 1. The van der Waals surface area contributed by atoms with E-state index < -0.39 is 0 Å². The second kappa shape index (κ2) is 7.96. The number of carbonyl (C=O) groups excluding carboxylic acids is 1. The van der Waals surface area contributed by atoms with E-state index in [4.69, 9.17) is 4.74 Å². The van der Waals surface area contributed by atoms with E-state index in [1.807, 2.05) is 19.1 Å². The van der Waals surface area contributed by atoms with Crippen LogP contribution in [0.25, 0.3) is 11.1 Å². The highest BCUT2D eigenvalue weighted by Gasteiger charge is 2.37. The summed E-state index contributed by atoms with van der Waals surface area (Å²) in [4.78, 5) is 14.8. The molecule has 0 aromatic heterocycles. The van der Waals surface area contributed by atoms with Crippen molar-refractivity contribution in [2.45, 2.75) is 51.1 Å². The second-order valence-corrected chi connectivity index (χ2v) is 8.22. The molecule has 2 aliphatic rings. The molecule has 3 unspecified atom stereocenters. The Labute approximate surface area is 167 Å². The van der Waals surface area contributed by atoms with E-state index in [1.165, 1.54) is 22.3 Å². The molecule has 0 aliphatic heterocycles. The molecule has 0 saturated heterocycles. The highest BCUT2D eigenvalue weighted by molar-refractivity contribution is 5.79. The van der Waals surface area contributed by atoms with Gasteiger partial charge in [-0.2, -0.15) is 0 Å². The first-order chi connectivity index (χ1) is 13.6. The number of nitrogens with zero attached hydrogens (tertiary/aromatic N) is 1. The van der Waals surface area contributed by atoms with Gasteiger partial charge in [-0.1, -0.05) is 61.9 Å². The lowest BCUT2D eigenvalue weighted by Gasteiger charge is -2.35. The lowest BCUT2D eigenvalue weighted by atomic mass is 9.98. The molecular weight excluding hydrogens is 350 g/mol. The van der Waals surface area contributed by atoms with Crippen molar-refractivity contribution in [3.8, 4) is 11.1 Å². The van der Waals surface area contributed by atoms with Gasteiger partial charge in [-0.15, -0.1) is 0 Å². The third-order valence-electron chi connectivity index (χ3n) is 6.46. The number of benzene rings is 2. The van der Waals surface area contributed by atoms with E-state index in [0.29, 0.717) is 12.5 Å². The third kappa shape index (κ3) is 3.30. The number of fused-ring (bicyclic) bond motifs is 3. The van der Waals surface area contributed by atoms with Crippen LogP contribution in [0.3, 0.4) is 0 Å². The van der Waals surface area contributed by atoms with Crippen LogP contribution in [-0.4, -0.2) is 41.4 Å². The molecule has 1 N–H and O–H groups in total. The van der Waals surface area contributed by atoms with Gasteiger partial charge in [0.05, 0.1) is 12.6 Å². The Bertz CT molecular complexity index is 804. The van der Waals surface area contributed by atoms with Crippen LogP contribution in [0.2, 0.25) is 0 Å². The van der Waals surface area contributed by atoms with Gasteiger partial charge in [0, 0.05) is 12.0 Å². The highest BCUT2D eigenvalue weighted by atomic mass is 16.6. The summed E-state index contributed by atoms with van der Waals surface area (Å²) in [5, 5.41) is 9.69. The normalized spacial score (nSPS) is 21.8. The van der Waals surface area contributed by atoms with Gasteiger partial charge in [0.2, 0.25) is 0 Å². The van der Waals surface area contributed by atoms with E-state index in [0.717, 1.165) is 19.3 Å². The first-order valence-corrected chi connectivity index (χ1v) is 10.4. The van der Waals surface area contributed by atoms with Crippen molar-refractivity contribution in [3.05, 3.63) is 59.7 Å². The fourth-order valence-electron chi connectivity index (χ4n) is 4.94. The van der Waals surface area contributed by atoms with E-state index in [9.17, 15) is 9.90 Å². The summed E-state index contributed by atoms with van der Waals surface area (Å²) in [5.74, 6) is 0.498. The standard InChI is InChI=1S/C24H29NO3/c1-16-8-7-13-23(16)25(17(2)14-26)24(27)28-15-22-20-11-5-3-9-18(20)19-10-4-6-12-21(19)22/h3-6,9-12,16-17,22-23,26H,7-8,13-15H2,1-2H3. The summed E-state index contributed by atoms with van der Waals surface area (Å²) in [5.41, 5.74) is 4.88. The van der Waals surface area contributed by atoms with Crippen molar-refractivity contribution in [1.29, 1.82) is 0 Å². The predicted molar refractivity (Wildman–Crippen MR) is 110 cm³/mol. The fourth-order valence-corrected chi connectivity index (χ4v) is 4.94. The lowest BCUT2D eigenvalue weighted by Crippen LogP contribution is -2.49. The molecule has 0 bridgehead atoms. The molecule has 0 radical (unpaired) electrons. The van der Waals surface area contributed by atoms with Crippen molar-refractivity contribution >= 4 is 6.09 Å². The Morgan fingerprint density at radius 1 is 1.11 bits per heavy atom. The van der Waals surface area contributed by atoms with Crippen LogP contribution in [0.4, 0.5) is 4.79 Å². The minimum atomic E-state index is -0.304. The first-order valence-electron chi connectivity index (χ1n) is 10.4. The maximum absolute atomic E-state index is 13.0. The molecule has 2 aromatic carbocycles. The van der Waals surface area contributed by atoms with Crippen LogP contribution >= 0.6 is 0 Å². The largest absolute Gasteiger partial charge is 0.448 e. The zero-order valence-corrected chi connectivity index (χ0v) is 16.7. The molecule has 2 aromatic rings. The summed E-state index contributed by atoms with van der Waals surface area (Å²) in [7, 11) is 0.